The molecule has 0 bridgehead atoms. The van der Waals surface area contributed by atoms with Crippen molar-refractivity contribution in [3.63, 3.8) is 0 Å². The third kappa shape index (κ3) is 5.58. The van der Waals surface area contributed by atoms with Crippen molar-refractivity contribution in [3.05, 3.63) is 60.2 Å². The van der Waals surface area contributed by atoms with Crippen LogP contribution in [-0.4, -0.2) is 36.9 Å². The standard InChI is InChI=1S/C21H22N4O4/c1-14-4-7-16(8-5-14)29-13-21(26)23-20-11-10-19(24-25-20)22-15-6-9-17(27-2)18(12-15)28-3/h4-12H,13H2,1-3H3,(H,22,24)(H,23,25,26). The van der Waals surface area contributed by atoms with Gasteiger partial charge in [-0.1, -0.05) is 17.7 Å². The van der Waals surface area contributed by atoms with Gasteiger partial charge in [0.05, 0.1) is 14.2 Å². The number of rotatable bonds is 8. The van der Waals surface area contributed by atoms with Crippen molar-refractivity contribution in [2.24, 2.45) is 0 Å². The van der Waals surface area contributed by atoms with E-state index in [0.29, 0.717) is 28.9 Å². The van der Waals surface area contributed by atoms with Gasteiger partial charge in [0.15, 0.2) is 29.7 Å². The summed E-state index contributed by atoms with van der Waals surface area (Å²) in [5, 5.41) is 13.8. The van der Waals surface area contributed by atoms with E-state index in [1.165, 1.54) is 0 Å². The fourth-order valence-electron chi connectivity index (χ4n) is 2.49. The molecule has 150 valence electrons. The summed E-state index contributed by atoms with van der Waals surface area (Å²) < 4.78 is 15.9. The van der Waals surface area contributed by atoms with E-state index in [1.807, 2.05) is 37.3 Å². The number of anilines is 3. The molecule has 0 aliphatic carbocycles. The third-order valence-electron chi connectivity index (χ3n) is 3.98. The van der Waals surface area contributed by atoms with Gasteiger partial charge in [0.2, 0.25) is 0 Å². The zero-order valence-corrected chi connectivity index (χ0v) is 16.4. The van der Waals surface area contributed by atoms with Crippen LogP contribution in [0.25, 0.3) is 0 Å². The summed E-state index contributed by atoms with van der Waals surface area (Å²) in [5.74, 6) is 2.40. The smallest absolute Gasteiger partial charge is 0.263 e. The Bertz CT molecular complexity index is 959. The molecule has 0 saturated heterocycles. The summed E-state index contributed by atoms with van der Waals surface area (Å²) in [4.78, 5) is 12.0. The number of hydrogen-bond acceptors (Lipinski definition) is 7. The van der Waals surface area contributed by atoms with Crippen LogP contribution in [0.3, 0.4) is 0 Å². The average Bonchev–Trinajstić information content (AvgIpc) is 2.74. The Balaban J connectivity index is 1.54. The maximum absolute atomic E-state index is 12.0. The number of carbonyl (C=O) groups is 1. The molecule has 8 heteroatoms. The monoisotopic (exact) mass is 394 g/mol. The number of amides is 1. The Morgan fingerprint density at radius 1 is 0.897 bits per heavy atom. The molecule has 8 nitrogen and oxygen atoms in total. The molecule has 0 spiro atoms. The second-order valence-corrected chi connectivity index (χ2v) is 6.15. The predicted molar refractivity (Wildman–Crippen MR) is 110 cm³/mol. The summed E-state index contributed by atoms with van der Waals surface area (Å²) in [5.41, 5.74) is 1.89. The van der Waals surface area contributed by atoms with Crippen molar-refractivity contribution in [3.8, 4) is 17.2 Å². The minimum absolute atomic E-state index is 0.115. The van der Waals surface area contributed by atoms with Gasteiger partial charge < -0.3 is 24.8 Å². The van der Waals surface area contributed by atoms with Gasteiger partial charge in [0.1, 0.15) is 5.75 Å². The highest BCUT2D eigenvalue weighted by Crippen LogP contribution is 2.30. The number of benzene rings is 2. The first-order valence-corrected chi connectivity index (χ1v) is 8.89. The molecule has 3 aromatic rings. The van der Waals surface area contributed by atoms with Crippen LogP contribution in [0, 0.1) is 6.92 Å². The molecule has 0 unspecified atom stereocenters. The topological polar surface area (TPSA) is 94.6 Å². The number of nitrogens with one attached hydrogen (secondary N) is 2. The minimum Gasteiger partial charge on any atom is -0.493 e. The lowest BCUT2D eigenvalue weighted by molar-refractivity contribution is -0.118. The van der Waals surface area contributed by atoms with Crippen molar-refractivity contribution in [2.45, 2.75) is 6.92 Å². The number of aromatic nitrogens is 2. The van der Waals surface area contributed by atoms with E-state index < -0.39 is 0 Å². The predicted octanol–water partition coefficient (Wildman–Crippen LogP) is 3.56. The molecule has 0 aliphatic rings. The van der Waals surface area contributed by atoms with E-state index in [4.69, 9.17) is 14.2 Å². The van der Waals surface area contributed by atoms with Crippen molar-refractivity contribution in [1.82, 2.24) is 10.2 Å². The second kappa shape index (κ2) is 9.41. The molecular formula is C21H22N4O4. The normalized spacial score (nSPS) is 10.2. The maximum atomic E-state index is 12.0. The van der Waals surface area contributed by atoms with Gasteiger partial charge in [-0.05, 0) is 43.3 Å². The zero-order valence-electron chi connectivity index (χ0n) is 16.4. The lowest BCUT2D eigenvalue weighted by Gasteiger charge is -2.11. The summed E-state index contributed by atoms with van der Waals surface area (Å²) >= 11 is 0. The van der Waals surface area contributed by atoms with Crippen LogP contribution < -0.4 is 24.8 Å². The molecule has 0 aliphatic heterocycles. The van der Waals surface area contributed by atoms with Gasteiger partial charge in [0, 0.05) is 11.8 Å². The zero-order chi connectivity index (χ0) is 20.6. The molecule has 1 heterocycles. The van der Waals surface area contributed by atoms with Crippen LogP contribution >= 0.6 is 0 Å². The van der Waals surface area contributed by atoms with Crippen molar-refractivity contribution in [1.29, 1.82) is 0 Å². The first kappa shape index (κ1) is 19.9. The molecule has 1 aromatic heterocycles. The van der Waals surface area contributed by atoms with Crippen molar-refractivity contribution < 1.29 is 19.0 Å². The Labute approximate surface area is 168 Å². The average molecular weight is 394 g/mol. The molecule has 0 fully saturated rings. The van der Waals surface area contributed by atoms with E-state index in [0.717, 1.165) is 11.3 Å². The fourth-order valence-corrected chi connectivity index (χ4v) is 2.49. The number of hydrogen-bond donors (Lipinski definition) is 2. The molecule has 0 radical (unpaired) electrons. The van der Waals surface area contributed by atoms with E-state index in [1.54, 1.807) is 38.5 Å². The second-order valence-electron chi connectivity index (χ2n) is 6.15. The first-order valence-electron chi connectivity index (χ1n) is 8.89. The number of methoxy groups -OCH3 is 2. The Kier molecular flexibility index (Phi) is 6.47. The largest absolute Gasteiger partial charge is 0.493 e. The van der Waals surface area contributed by atoms with Crippen LogP contribution in [0.4, 0.5) is 17.3 Å². The highest BCUT2D eigenvalue weighted by atomic mass is 16.5. The quantitative estimate of drug-likeness (QED) is 0.603. The highest BCUT2D eigenvalue weighted by Gasteiger charge is 2.08. The van der Waals surface area contributed by atoms with Gasteiger partial charge in [-0.15, -0.1) is 10.2 Å². The van der Waals surface area contributed by atoms with Crippen LogP contribution in [0.2, 0.25) is 0 Å². The summed E-state index contributed by atoms with van der Waals surface area (Å²) in [6.07, 6.45) is 0. The Hall–Kier alpha value is -3.81. The van der Waals surface area contributed by atoms with Gasteiger partial charge >= 0.3 is 0 Å². The van der Waals surface area contributed by atoms with Gasteiger partial charge in [-0.2, -0.15) is 0 Å². The molecule has 29 heavy (non-hydrogen) atoms. The number of carbonyl (C=O) groups excluding carboxylic acids is 1. The fraction of sp³-hybridized carbons (Fsp3) is 0.190. The molecular weight excluding hydrogens is 372 g/mol. The first-order chi connectivity index (χ1) is 14.1. The van der Waals surface area contributed by atoms with Crippen LogP contribution in [0.15, 0.2) is 54.6 Å². The van der Waals surface area contributed by atoms with E-state index in [9.17, 15) is 4.79 Å². The summed E-state index contributed by atoms with van der Waals surface area (Å²) in [7, 11) is 3.15. The lowest BCUT2D eigenvalue weighted by atomic mass is 10.2. The van der Waals surface area contributed by atoms with Gasteiger partial charge in [-0.25, -0.2) is 0 Å². The minimum atomic E-state index is -0.319. The highest BCUT2D eigenvalue weighted by molar-refractivity contribution is 5.90. The Morgan fingerprint density at radius 2 is 1.59 bits per heavy atom. The van der Waals surface area contributed by atoms with Crippen LogP contribution in [-0.2, 0) is 4.79 Å². The maximum Gasteiger partial charge on any atom is 0.263 e. The summed E-state index contributed by atoms with van der Waals surface area (Å²) in [6.45, 7) is 1.87. The number of aryl methyl sites for hydroxylation is 1. The molecule has 0 atom stereocenters. The van der Waals surface area contributed by atoms with Gasteiger partial charge in [0.25, 0.3) is 5.91 Å². The lowest BCUT2D eigenvalue weighted by Crippen LogP contribution is -2.21. The van der Waals surface area contributed by atoms with E-state index >= 15 is 0 Å². The number of ether oxygens (including phenoxy) is 3. The molecule has 3 rings (SSSR count). The van der Waals surface area contributed by atoms with Crippen LogP contribution in [0.5, 0.6) is 17.2 Å². The van der Waals surface area contributed by atoms with E-state index in [-0.39, 0.29) is 12.5 Å². The SMILES string of the molecule is COc1ccc(Nc2ccc(NC(=O)COc3ccc(C)cc3)nn2)cc1OC. The molecule has 1 amide bonds. The van der Waals surface area contributed by atoms with Crippen molar-refractivity contribution >= 4 is 23.2 Å². The molecule has 2 N–H and O–H groups in total. The van der Waals surface area contributed by atoms with Gasteiger partial charge in [-0.3, -0.25) is 4.79 Å². The number of nitrogens with zero attached hydrogens (tertiary/aromatic N) is 2. The molecule has 0 saturated carbocycles. The van der Waals surface area contributed by atoms with Crippen LogP contribution in [0.1, 0.15) is 5.56 Å². The summed E-state index contributed by atoms with van der Waals surface area (Å²) in [6, 6.07) is 16.2. The Morgan fingerprint density at radius 3 is 2.24 bits per heavy atom. The van der Waals surface area contributed by atoms with E-state index in [2.05, 4.69) is 20.8 Å². The van der Waals surface area contributed by atoms with Crippen molar-refractivity contribution in [2.75, 3.05) is 31.5 Å². The third-order valence-corrected chi connectivity index (χ3v) is 3.98. The molecule has 2 aromatic carbocycles.